The van der Waals surface area contributed by atoms with E-state index in [1.165, 1.54) is 20.3 Å². The fraction of sp³-hybridized carbons (Fsp3) is 0.222. The summed E-state index contributed by atoms with van der Waals surface area (Å²) in [5, 5.41) is 11.2. The molecule has 9 nitrogen and oxygen atoms in total. The highest BCUT2D eigenvalue weighted by molar-refractivity contribution is 8.14. The van der Waals surface area contributed by atoms with Crippen molar-refractivity contribution in [2.45, 2.75) is 23.5 Å². The van der Waals surface area contributed by atoms with Gasteiger partial charge in [0.1, 0.15) is 22.4 Å². The fourth-order valence-electron chi connectivity index (χ4n) is 3.56. The van der Waals surface area contributed by atoms with E-state index in [1.807, 2.05) is 0 Å². The average molecular weight is 610 g/mol. The normalized spacial score (nSPS) is 15.9. The molecule has 1 amide bonds. The van der Waals surface area contributed by atoms with Gasteiger partial charge in [0.05, 0.1) is 25.5 Å². The number of halogens is 3. The van der Waals surface area contributed by atoms with E-state index in [4.69, 9.17) is 14.3 Å². The first-order valence-corrected chi connectivity index (χ1v) is 14.2. The number of alkyl halides is 3. The predicted molar refractivity (Wildman–Crippen MR) is 150 cm³/mol. The van der Waals surface area contributed by atoms with Crippen molar-refractivity contribution in [2.24, 2.45) is 4.99 Å². The van der Waals surface area contributed by atoms with E-state index in [0.29, 0.717) is 23.1 Å². The fourth-order valence-corrected chi connectivity index (χ4v) is 5.14. The highest BCUT2D eigenvalue weighted by atomic mass is 32.2. The molecule has 2 N–H and O–H groups in total. The van der Waals surface area contributed by atoms with Gasteiger partial charge in [0.15, 0.2) is 5.17 Å². The van der Waals surface area contributed by atoms with Crippen LogP contribution in [0.4, 0.5) is 18.0 Å². The molecule has 2 aromatic carbocycles. The van der Waals surface area contributed by atoms with E-state index >= 15 is 0 Å². The molecule has 0 heterocycles. The van der Waals surface area contributed by atoms with Crippen LogP contribution in [-0.2, 0) is 31.6 Å². The van der Waals surface area contributed by atoms with Crippen LogP contribution in [0.15, 0.2) is 94.6 Å². The van der Waals surface area contributed by atoms with Gasteiger partial charge >= 0.3 is 22.4 Å². The third kappa shape index (κ3) is 8.72. The maximum atomic E-state index is 13.2. The second-order valence-corrected chi connectivity index (χ2v) is 10.9. The molecule has 218 valence electrons. The Morgan fingerprint density at radius 3 is 2.49 bits per heavy atom. The average Bonchev–Trinajstić information content (AvgIpc) is 2.93. The molecular weight excluding hydrogens is 583 g/mol. The summed E-state index contributed by atoms with van der Waals surface area (Å²) in [6.45, 7) is 3.64. The van der Waals surface area contributed by atoms with Crippen molar-refractivity contribution < 1.29 is 40.0 Å². The molecule has 0 aromatic heterocycles. The number of carbonyl (C=O) groups excluding carboxylic acids is 1. The Hall–Kier alpha value is -4.04. The minimum atomic E-state index is -4.76. The third-order valence-electron chi connectivity index (χ3n) is 5.47. The number of hydrogen-bond acceptors (Lipinski definition) is 9. The van der Waals surface area contributed by atoms with E-state index in [0.717, 1.165) is 41.6 Å². The lowest BCUT2D eigenvalue weighted by molar-refractivity contribution is -0.137. The number of amidine groups is 1. The van der Waals surface area contributed by atoms with Crippen molar-refractivity contribution in [1.29, 1.82) is 5.41 Å². The van der Waals surface area contributed by atoms with Crippen molar-refractivity contribution in [3.63, 3.8) is 0 Å². The van der Waals surface area contributed by atoms with Crippen LogP contribution in [-0.4, -0.2) is 51.4 Å². The minimum absolute atomic E-state index is 0.126. The number of alkyl carbamates (subject to hydrolysis) is 1. The number of thioether (sulfide) groups is 1. The molecule has 0 radical (unpaired) electrons. The van der Waals surface area contributed by atoms with Crippen LogP contribution >= 0.6 is 11.8 Å². The number of nitrogens with one attached hydrogen (secondary N) is 2. The first-order valence-electron chi connectivity index (χ1n) is 11.8. The van der Waals surface area contributed by atoms with Crippen molar-refractivity contribution in [3.05, 3.63) is 95.8 Å². The summed E-state index contributed by atoms with van der Waals surface area (Å²) in [5.41, 5.74) is -0.164. The summed E-state index contributed by atoms with van der Waals surface area (Å²) in [6.07, 6.45) is -1.31. The predicted octanol–water partition coefficient (Wildman–Crippen LogP) is 5.51. The largest absolute Gasteiger partial charge is 0.497 e. The van der Waals surface area contributed by atoms with Gasteiger partial charge in [0, 0.05) is 11.8 Å². The summed E-state index contributed by atoms with van der Waals surface area (Å²) >= 11 is 1.13. The highest BCUT2D eigenvalue weighted by Crippen LogP contribution is 2.32. The Kier molecular flexibility index (Phi) is 10.4. The van der Waals surface area contributed by atoms with Gasteiger partial charge in [-0.25, -0.2) is 9.79 Å². The van der Waals surface area contributed by atoms with Crippen LogP contribution in [0, 0.1) is 5.41 Å². The second kappa shape index (κ2) is 13.5. The molecule has 1 unspecified atom stereocenters. The van der Waals surface area contributed by atoms with Gasteiger partial charge in [0.25, 0.3) is 0 Å². The lowest BCUT2D eigenvalue weighted by Crippen LogP contribution is -2.32. The van der Waals surface area contributed by atoms with Gasteiger partial charge in [-0.1, -0.05) is 36.0 Å². The molecule has 0 saturated carbocycles. The SMILES string of the molecule is C=CCSC(=NC1C(=N)C=C(OS(=O)(=O)c2cccc(C(F)(F)F)c2)C=C1Cc1ccc(OC)cc1)NC(=O)OC. The maximum absolute atomic E-state index is 13.2. The number of amides is 1. The van der Waals surface area contributed by atoms with E-state index in [1.54, 1.807) is 30.3 Å². The molecule has 41 heavy (non-hydrogen) atoms. The van der Waals surface area contributed by atoms with Crippen molar-refractivity contribution in [2.75, 3.05) is 20.0 Å². The van der Waals surface area contributed by atoms with Crippen LogP contribution < -0.4 is 10.1 Å². The minimum Gasteiger partial charge on any atom is -0.497 e. The molecule has 0 spiro atoms. The number of benzene rings is 2. The van der Waals surface area contributed by atoms with E-state index < -0.39 is 38.9 Å². The summed E-state index contributed by atoms with van der Waals surface area (Å²) < 4.78 is 80.3. The number of rotatable bonds is 9. The number of methoxy groups -OCH3 is 2. The van der Waals surface area contributed by atoms with Gasteiger partial charge < -0.3 is 19.1 Å². The van der Waals surface area contributed by atoms with Crippen molar-refractivity contribution >= 4 is 38.9 Å². The monoisotopic (exact) mass is 609 g/mol. The number of nitrogens with zero attached hydrogens (tertiary/aromatic N) is 1. The lowest BCUT2D eigenvalue weighted by atomic mass is 9.91. The first-order chi connectivity index (χ1) is 19.4. The Bertz CT molecular complexity index is 1500. The molecule has 3 rings (SSSR count). The quantitative estimate of drug-likeness (QED) is 0.166. The van der Waals surface area contributed by atoms with Gasteiger partial charge in [-0.15, -0.1) is 6.58 Å². The molecule has 1 aliphatic carbocycles. The number of allylic oxidation sites excluding steroid dienone is 1. The van der Waals surface area contributed by atoms with E-state index in [9.17, 15) is 26.4 Å². The van der Waals surface area contributed by atoms with Gasteiger partial charge in [0.2, 0.25) is 0 Å². The summed E-state index contributed by atoms with van der Waals surface area (Å²) in [7, 11) is -2.00. The lowest BCUT2D eigenvalue weighted by Gasteiger charge is -2.23. The smallest absolute Gasteiger partial charge is 0.416 e. The molecule has 0 aliphatic heterocycles. The van der Waals surface area contributed by atoms with Crippen LogP contribution in [0.25, 0.3) is 0 Å². The Morgan fingerprint density at radius 1 is 1.17 bits per heavy atom. The highest BCUT2D eigenvalue weighted by Gasteiger charge is 2.33. The Morgan fingerprint density at radius 2 is 1.88 bits per heavy atom. The second-order valence-electron chi connectivity index (χ2n) is 8.36. The zero-order valence-electron chi connectivity index (χ0n) is 21.9. The molecule has 1 atom stereocenters. The Labute approximate surface area is 239 Å². The molecule has 0 saturated heterocycles. The summed E-state index contributed by atoms with van der Waals surface area (Å²) in [4.78, 5) is 15.7. The third-order valence-corrected chi connectivity index (χ3v) is 7.60. The van der Waals surface area contributed by atoms with Gasteiger partial charge in [-0.2, -0.15) is 21.6 Å². The molecule has 0 fully saturated rings. The molecule has 0 bridgehead atoms. The van der Waals surface area contributed by atoms with Crippen LogP contribution in [0.2, 0.25) is 0 Å². The Balaban J connectivity index is 2.01. The topological polar surface area (TPSA) is 127 Å². The number of carbonyl (C=O) groups is 1. The summed E-state index contributed by atoms with van der Waals surface area (Å²) in [5.74, 6) is 0.693. The molecule has 1 aliphatic rings. The number of aliphatic imine (C=N–C) groups is 1. The number of hydrogen-bond donors (Lipinski definition) is 2. The van der Waals surface area contributed by atoms with E-state index in [-0.39, 0.29) is 23.1 Å². The standard InChI is InChI=1S/C27H26F3N3O6S2/c1-4-12-40-25(33-26(34)38-3)32-24-18(13-17-8-10-20(37-2)11-9-17)14-21(16-23(24)31)39-41(35,36)22-7-5-6-19(15-22)27(28,29)30/h4-11,14-16,24,31H,1,12-13H2,2-3H3,(H,32,33,34). The van der Waals surface area contributed by atoms with Crippen molar-refractivity contribution in [1.82, 2.24) is 5.32 Å². The zero-order valence-corrected chi connectivity index (χ0v) is 23.5. The van der Waals surface area contributed by atoms with Crippen LogP contribution in [0.5, 0.6) is 5.75 Å². The van der Waals surface area contributed by atoms with Crippen LogP contribution in [0.3, 0.4) is 0 Å². The first kappa shape index (κ1) is 31.5. The molecule has 2 aromatic rings. The number of ether oxygens (including phenoxy) is 2. The van der Waals surface area contributed by atoms with Gasteiger partial charge in [-0.05, 0) is 54.0 Å². The van der Waals surface area contributed by atoms with Crippen LogP contribution in [0.1, 0.15) is 11.1 Å². The van der Waals surface area contributed by atoms with Crippen molar-refractivity contribution in [3.8, 4) is 5.75 Å². The van der Waals surface area contributed by atoms with Gasteiger partial charge in [-0.3, -0.25) is 5.32 Å². The van der Waals surface area contributed by atoms with E-state index in [2.05, 4.69) is 21.6 Å². The summed E-state index contributed by atoms with van der Waals surface area (Å²) in [6, 6.07) is 9.17. The zero-order chi connectivity index (χ0) is 30.2. The molecular formula is C27H26F3N3O6S2. The maximum Gasteiger partial charge on any atom is 0.416 e. The molecule has 14 heteroatoms.